The predicted molar refractivity (Wildman–Crippen MR) is 152 cm³/mol. The molecule has 0 bridgehead atoms. The number of halogens is 2. The fourth-order valence-electron chi connectivity index (χ4n) is 6.49. The monoisotopic (exact) mass is 576 g/mol. The van der Waals surface area contributed by atoms with Gasteiger partial charge in [-0.2, -0.15) is 0 Å². The molecule has 0 aromatic heterocycles. The molecule has 2 aliphatic rings. The molecule has 2 unspecified atom stereocenters. The third kappa shape index (κ3) is 4.63. The Morgan fingerprint density at radius 1 is 0.848 bits per heavy atom. The van der Waals surface area contributed by atoms with Gasteiger partial charge in [-0.3, -0.25) is 0 Å². The maximum absolute atomic E-state index is 3.34. The molecule has 33 heavy (non-hydrogen) atoms. The number of hydrogen-bond acceptors (Lipinski definition) is 0. The van der Waals surface area contributed by atoms with E-state index in [-0.39, 0.29) is 24.8 Å². The van der Waals surface area contributed by atoms with Crippen molar-refractivity contribution in [3.05, 3.63) is 96.9 Å². The topological polar surface area (TPSA) is 0 Å². The van der Waals surface area contributed by atoms with Crippen molar-refractivity contribution < 1.29 is 17.4 Å². The maximum atomic E-state index is 2.71. The molecule has 0 saturated heterocycles. The van der Waals surface area contributed by atoms with Crippen LogP contribution in [0.4, 0.5) is 0 Å². The van der Waals surface area contributed by atoms with Gasteiger partial charge in [-0.05, 0) is 0 Å². The van der Waals surface area contributed by atoms with Gasteiger partial charge in [-0.15, -0.1) is 24.8 Å². The van der Waals surface area contributed by atoms with E-state index in [0.717, 1.165) is 6.42 Å². The second-order valence-electron chi connectivity index (χ2n) is 10.9. The second-order valence-corrected chi connectivity index (χ2v) is 40.5. The van der Waals surface area contributed by atoms with Crippen LogP contribution in [-0.2, 0) is 23.8 Å². The van der Waals surface area contributed by atoms with Gasteiger partial charge in [0.1, 0.15) is 0 Å². The Bertz CT molecular complexity index is 1230. The zero-order chi connectivity index (χ0) is 22.6. The van der Waals surface area contributed by atoms with E-state index in [1.807, 2.05) is 3.28 Å². The summed E-state index contributed by atoms with van der Waals surface area (Å²) in [6, 6.07) is 18.4. The molecule has 2 aromatic rings. The van der Waals surface area contributed by atoms with Crippen molar-refractivity contribution in [3.8, 4) is 0 Å². The first-order valence-corrected chi connectivity index (χ1v) is 25.4. The third-order valence-electron chi connectivity index (χ3n) is 8.27. The molecule has 2 atom stereocenters. The van der Waals surface area contributed by atoms with Crippen molar-refractivity contribution >= 4 is 37.3 Å². The summed E-state index contributed by atoms with van der Waals surface area (Å²) in [6.07, 6.45) is 5.02. The number of rotatable bonds is 5. The minimum atomic E-state index is -3.34. The molecular weight excluding hydrogens is 539 g/mol. The molecule has 0 heterocycles. The van der Waals surface area contributed by atoms with Crippen molar-refractivity contribution in [2.45, 2.75) is 60.3 Å². The molecule has 0 fully saturated rings. The minimum Gasteiger partial charge on any atom is -0.147 e. The van der Waals surface area contributed by atoms with Gasteiger partial charge in [0, 0.05) is 0 Å². The summed E-state index contributed by atoms with van der Waals surface area (Å²) in [5, 5.41) is 0. The van der Waals surface area contributed by atoms with E-state index in [0.29, 0.717) is 9.54 Å². The smallest absolute Gasteiger partial charge is 0.147 e. The van der Waals surface area contributed by atoms with E-state index in [4.69, 9.17) is 0 Å². The van der Waals surface area contributed by atoms with E-state index in [1.165, 1.54) is 28.7 Å². The number of benzene rings is 2. The summed E-state index contributed by atoms with van der Waals surface area (Å²) in [6.45, 7) is 14.3. The zero-order valence-electron chi connectivity index (χ0n) is 21.3. The number of fused-ring (bicyclic) bond motifs is 1. The molecule has 0 spiro atoms. The Hall–Kier alpha value is -0.660. The van der Waals surface area contributed by atoms with E-state index in [1.54, 1.807) is 22.3 Å². The first-order valence-electron chi connectivity index (χ1n) is 11.9. The van der Waals surface area contributed by atoms with Gasteiger partial charge in [0.15, 0.2) is 0 Å². The minimum absolute atomic E-state index is 0. The molecule has 2 aromatic carbocycles. The van der Waals surface area contributed by atoms with Gasteiger partial charge in [0.25, 0.3) is 0 Å². The van der Waals surface area contributed by atoms with Crippen molar-refractivity contribution in [3.63, 3.8) is 0 Å². The first-order chi connectivity index (χ1) is 14.6. The molecule has 4 rings (SSSR count). The molecule has 0 amide bonds. The van der Waals surface area contributed by atoms with Crippen LogP contribution in [0.1, 0.15) is 66.9 Å². The van der Waals surface area contributed by atoms with Crippen LogP contribution in [0.3, 0.4) is 0 Å². The number of allylic oxidation sites excluding steroid dienone is 5. The van der Waals surface area contributed by atoms with Gasteiger partial charge in [0.2, 0.25) is 0 Å². The molecule has 0 radical (unpaired) electrons. The average Bonchev–Trinajstić information content (AvgIpc) is 3.22. The standard InChI is InChI=1S/C18H17.C9H13.2CH3.2ClH.H2Si.Zr/c1-2-7-14-8-3-5-10-16(14)18-13-12-15-9-4-6-11-17(15)18;1-6-5-7(2)9(4)8(6)3;;;;;;/h3-6,8-13H,2,7H2,1H3;6H,1-4H3;2*1H3;2*1H;1H2;. The van der Waals surface area contributed by atoms with Crippen LogP contribution >= 0.6 is 24.8 Å². The molecule has 178 valence electrons. The zero-order valence-corrected chi connectivity index (χ0v) is 26.8. The molecule has 0 saturated carbocycles. The van der Waals surface area contributed by atoms with E-state index >= 15 is 0 Å². The Balaban J connectivity index is 0.00000193. The van der Waals surface area contributed by atoms with Crippen molar-refractivity contribution in [1.29, 1.82) is 0 Å². The van der Waals surface area contributed by atoms with Gasteiger partial charge in [0.05, 0.1) is 0 Å². The Morgan fingerprint density at radius 2 is 1.42 bits per heavy atom. The van der Waals surface area contributed by atoms with Crippen LogP contribution in [0.15, 0.2) is 74.6 Å². The summed E-state index contributed by atoms with van der Waals surface area (Å²) in [4.78, 5) is 0. The van der Waals surface area contributed by atoms with Crippen molar-refractivity contribution in [2.24, 2.45) is 5.92 Å². The number of aryl methyl sites for hydroxylation is 1. The SMILES string of the molecule is CCCc1ccccc1C1=C[CH]([Zr]([CH3])([CH3])(=[SiH2])[C]2=C(C)C(C)=C(C)C2C)c2ccccc21.Cl.Cl. The second kappa shape index (κ2) is 10.1. The van der Waals surface area contributed by atoms with E-state index in [9.17, 15) is 0 Å². The molecule has 2 aliphatic carbocycles. The van der Waals surface area contributed by atoms with Crippen molar-refractivity contribution in [1.82, 2.24) is 0 Å². The summed E-state index contributed by atoms with van der Waals surface area (Å²) in [5.74, 6) is 0.593. The van der Waals surface area contributed by atoms with Gasteiger partial charge < -0.3 is 0 Å². The van der Waals surface area contributed by atoms with Gasteiger partial charge in [-0.25, -0.2) is 0 Å². The Morgan fingerprint density at radius 3 is 2.00 bits per heavy atom. The van der Waals surface area contributed by atoms with E-state index in [2.05, 4.69) is 105 Å². The maximum Gasteiger partial charge on any atom is -0.147 e. The molecule has 0 nitrogen and oxygen atoms in total. The quantitative estimate of drug-likeness (QED) is 0.312. The van der Waals surface area contributed by atoms with Gasteiger partial charge in [-0.1, -0.05) is 0 Å². The normalized spacial score (nSPS) is 20.3. The van der Waals surface area contributed by atoms with Crippen LogP contribution in [0.25, 0.3) is 5.57 Å². The molecule has 4 heteroatoms. The van der Waals surface area contributed by atoms with Crippen molar-refractivity contribution in [2.75, 3.05) is 0 Å². The van der Waals surface area contributed by atoms with Crippen LogP contribution in [0, 0.1) is 5.92 Å². The average molecular weight is 579 g/mol. The fourth-order valence-corrected chi connectivity index (χ4v) is 25.0. The number of hydrogen-bond donors (Lipinski definition) is 0. The summed E-state index contributed by atoms with van der Waals surface area (Å²) in [5.41, 5.74) is 12.2. The Labute approximate surface area is 216 Å². The summed E-state index contributed by atoms with van der Waals surface area (Å²) >= 11 is -3.34. The Kier molecular flexibility index (Phi) is 8.78. The summed E-state index contributed by atoms with van der Waals surface area (Å²) in [7, 11) is 0. The fraction of sp³-hybridized carbons (Fsp3) is 0.379. The van der Waals surface area contributed by atoms with Gasteiger partial charge >= 0.3 is 193 Å². The molecule has 0 N–H and O–H groups in total. The largest absolute Gasteiger partial charge is 0.147 e. The first kappa shape index (κ1) is 28.6. The molecular formula is C29H40Cl2SiZr. The van der Waals surface area contributed by atoms with E-state index < -0.39 is 17.4 Å². The summed E-state index contributed by atoms with van der Waals surface area (Å²) < 4.78 is 7.81. The van der Waals surface area contributed by atoms with Crippen LogP contribution in [-0.4, -0.2) is 6.88 Å². The molecule has 0 aliphatic heterocycles. The third-order valence-corrected chi connectivity index (χ3v) is 25.5. The van der Waals surface area contributed by atoms with Crippen LogP contribution in [0.2, 0.25) is 9.26 Å². The van der Waals surface area contributed by atoms with Crippen LogP contribution in [0.5, 0.6) is 0 Å². The van der Waals surface area contributed by atoms with Crippen LogP contribution < -0.4 is 0 Å². The predicted octanol–water partition coefficient (Wildman–Crippen LogP) is 8.56.